The number of methoxy groups -OCH3 is 1. The second kappa shape index (κ2) is 5.01. The molecule has 0 aromatic rings. The van der Waals surface area contributed by atoms with Gasteiger partial charge in [-0.1, -0.05) is 0 Å². The quantitative estimate of drug-likeness (QED) is 0.789. The molecule has 16 heavy (non-hydrogen) atoms. The molecule has 0 aromatic carbocycles. The number of rotatable bonds is 4. The van der Waals surface area contributed by atoms with E-state index in [9.17, 15) is 4.79 Å². The maximum atomic E-state index is 11.4. The zero-order chi connectivity index (χ0) is 12.2. The SMILES string of the molecule is COCC1(CNC(=O)OC(C)(C)C)COC1. The van der Waals surface area contributed by atoms with Crippen molar-refractivity contribution >= 4 is 6.09 Å². The number of carbonyl (C=O) groups is 1. The highest BCUT2D eigenvalue weighted by atomic mass is 16.6. The third-order valence-electron chi connectivity index (χ3n) is 2.27. The van der Waals surface area contributed by atoms with Gasteiger partial charge in [-0.15, -0.1) is 0 Å². The first kappa shape index (κ1) is 13.3. The smallest absolute Gasteiger partial charge is 0.407 e. The van der Waals surface area contributed by atoms with Crippen LogP contribution in [-0.2, 0) is 14.2 Å². The molecular weight excluding hydrogens is 210 g/mol. The monoisotopic (exact) mass is 231 g/mol. The minimum absolute atomic E-state index is 0.0777. The van der Waals surface area contributed by atoms with Gasteiger partial charge in [0, 0.05) is 13.7 Å². The van der Waals surface area contributed by atoms with Crippen LogP contribution in [0.25, 0.3) is 0 Å². The van der Waals surface area contributed by atoms with Crippen molar-refractivity contribution in [2.75, 3.05) is 33.5 Å². The van der Waals surface area contributed by atoms with E-state index in [0.717, 1.165) is 0 Å². The van der Waals surface area contributed by atoms with Crippen LogP contribution in [0.1, 0.15) is 20.8 Å². The highest BCUT2D eigenvalue weighted by Gasteiger charge is 2.39. The van der Waals surface area contributed by atoms with Gasteiger partial charge in [-0.2, -0.15) is 0 Å². The minimum atomic E-state index is -0.464. The summed E-state index contributed by atoms with van der Waals surface area (Å²) in [7, 11) is 1.65. The first-order valence-electron chi connectivity index (χ1n) is 5.40. The molecule has 0 saturated carbocycles. The third kappa shape index (κ3) is 3.98. The van der Waals surface area contributed by atoms with E-state index >= 15 is 0 Å². The van der Waals surface area contributed by atoms with Crippen LogP contribution in [0.5, 0.6) is 0 Å². The number of ether oxygens (including phenoxy) is 3. The summed E-state index contributed by atoms with van der Waals surface area (Å²) in [6.45, 7) is 7.86. The summed E-state index contributed by atoms with van der Waals surface area (Å²) in [6, 6.07) is 0. The maximum absolute atomic E-state index is 11.4. The van der Waals surface area contributed by atoms with Gasteiger partial charge >= 0.3 is 6.09 Å². The summed E-state index contributed by atoms with van der Waals surface area (Å²) in [5.74, 6) is 0. The van der Waals surface area contributed by atoms with E-state index in [0.29, 0.717) is 26.4 Å². The molecule has 0 radical (unpaired) electrons. The van der Waals surface area contributed by atoms with Gasteiger partial charge in [0.1, 0.15) is 5.60 Å². The molecule has 1 N–H and O–H groups in total. The van der Waals surface area contributed by atoms with Crippen molar-refractivity contribution in [1.82, 2.24) is 5.32 Å². The molecule has 1 saturated heterocycles. The van der Waals surface area contributed by atoms with Crippen molar-refractivity contribution in [2.45, 2.75) is 26.4 Å². The molecule has 94 valence electrons. The number of nitrogens with one attached hydrogen (secondary N) is 1. The van der Waals surface area contributed by atoms with Crippen LogP contribution in [0.2, 0.25) is 0 Å². The van der Waals surface area contributed by atoms with Gasteiger partial charge < -0.3 is 19.5 Å². The van der Waals surface area contributed by atoms with E-state index in [4.69, 9.17) is 14.2 Å². The normalized spacial score (nSPS) is 18.8. The molecule has 5 nitrogen and oxygen atoms in total. The molecule has 0 aromatic heterocycles. The van der Waals surface area contributed by atoms with Gasteiger partial charge in [0.2, 0.25) is 0 Å². The first-order chi connectivity index (χ1) is 7.37. The van der Waals surface area contributed by atoms with Crippen LogP contribution in [0.3, 0.4) is 0 Å². The van der Waals surface area contributed by atoms with Crippen molar-refractivity contribution in [1.29, 1.82) is 0 Å². The Morgan fingerprint density at radius 2 is 2.06 bits per heavy atom. The zero-order valence-corrected chi connectivity index (χ0v) is 10.5. The van der Waals surface area contributed by atoms with Crippen molar-refractivity contribution in [3.8, 4) is 0 Å². The second-order valence-electron chi connectivity index (χ2n) is 5.28. The Balaban J connectivity index is 2.30. The average Bonchev–Trinajstić information content (AvgIpc) is 2.06. The van der Waals surface area contributed by atoms with Gasteiger partial charge in [-0.25, -0.2) is 4.79 Å². The van der Waals surface area contributed by atoms with Crippen molar-refractivity contribution in [3.05, 3.63) is 0 Å². The van der Waals surface area contributed by atoms with Gasteiger partial charge in [0.15, 0.2) is 0 Å². The zero-order valence-electron chi connectivity index (χ0n) is 10.5. The third-order valence-corrected chi connectivity index (χ3v) is 2.27. The Hall–Kier alpha value is -0.810. The van der Waals surface area contributed by atoms with Crippen molar-refractivity contribution in [3.63, 3.8) is 0 Å². The summed E-state index contributed by atoms with van der Waals surface area (Å²) in [4.78, 5) is 11.4. The van der Waals surface area contributed by atoms with Gasteiger partial charge in [-0.3, -0.25) is 0 Å². The molecule has 0 unspecified atom stereocenters. The topological polar surface area (TPSA) is 56.8 Å². The fourth-order valence-corrected chi connectivity index (χ4v) is 1.51. The Bertz CT molecular complexity index is 243. The van der Waals surface area contributed by atoms with E-state index in [1.54, 1.807) is 7.11 Å². The van der Waals surface area contributed by atoms with Crippen LogP contribution in [0.15, 0.2) is 0 Å². The largest absolute Gasteiger partial charge is 0.444 e. The fraction of sp³-hybridized carbons (Fsp3) is 0.909. The Morgan fingerprint density at radius 3 is 2.44 bits per heavy atom. The number of carbonyl (C=O) groups excluding carboxylic acids is 1. The van der Waals surface area contributed by atoms with Crippen LogP contribution in [0, 0.1) is 5.41 Å². The lowest BCUT2D eigenvalue weighted by Crippen LogP contribution is -2.54. The molecule has 1 fully saturated rings. The first-order valence-corrected chi connectivity index (χ1v) is 5.40. The van der Waals surface area contributed by atoms with E-state index in [1.807, 2.05) is 20.8 Å². The number of hydrogen-bond acceptors (Lipinski definition) is 4. The van der Waals surface area contributed by atoms with Gasteiger partial charge in [-0.05, 0) is 20.8 Å². The van der Waals surface area contributed by atoms with E-state index in [1.165, 1.54) is 0 Å². The Labute approximate surface area is 96.4 Å². The second-order valence-corrected chi connectivity index (χ2v) is 5.28. The number of amides is 1. The lowest BCUT2D eigenvalue weighted by atomic mass is 9.87. The number of hydrogen-bond donors (Lipinski definition) is 1. The molecule has 1 amide bonds. The highest BCUT2D eigenvalue weighted by molar-refractivity contribution is 5.67. The summed E-state index contributed by atoms with van der Waals surface area (Å²) >= 11 is 0. The molecule has 1 aliphatic rings. The summed E-state index contributed by atoms with van der Waals surface area (Å²) in [6.07, 6.45) is -0.394. The molecular formula is C11H21NO4. The molecule has 1 aliphatic heterocycles. The van der Waals surface area contributed by atoms with E-state index in [-0.39, 0.29) is 5.41 Å². The van der Waals surface area contributed by atoms with Crippen LogP contribution < -0.4 is 5.32 Å². The molecule has 0 aliphatic carbocycles. The van der Waals surface area contributed by atoms with Crippen LogP contribution in [0.4, 0.5) is 4.79 Å². The van der Waals surface area contributed by atoms with Crippen molar-refractivity contribution in [2.24, 2.45) is 5.41 Å². The minimum Gasteiger partial charge on any atom is -0.444 e. The average molecular weight is 231 g/mol. The predicted molar refractivity (Wildman–Crippen MR) is 59.4 cm³/mol. The molecule has 1 rings (SSSR count). The fourth-order valence-electron chi connectivity index (χ4n) is 1.51. The van der Waals surface area contributed by atoms with E-state index < -0.39 is 11.7 Å². The summed E-state index contributed by atoms with van der Waals surface area (Å²) in [5, 5.41) is 2.75. The molecule has 0 atom stereocenters. The lowest BCUT2D eigenvalue weighted by Gasteiger charge is -2.40. The Morgan fingerprint density at radius 1 is 1.44 bits per heavy atom. The van der Waals surface area contributed by atoms with Gasteiger partial charge in [0.05, 0.1) is 25.2 Å². The van der Waals surface area contributed by atoms with Crippen molar-refractivity contribution < 1.29 is 19.0 Å². The van der Waals surface area contributed by atoms with E-state index in [2.05, 4.69) is 5.32 Å². The van der Waals surface area contributed by atoms with Crippen LogP contribution >= 0.6 is 0 Å². The highest BCUT2D eigenvalue weighted by Crippen LogP contribution is 2.26. The van der Waals surface area contributed by atoms with Gasteiger partial charge in [0.25, 0.3) is 0 Å². The number of alkyl carbamates (subject to hydrolysis) is 1. The molecule has 1 heterocycles. The Kier molecular flexibility index (Phi) is 4.15. The summed E-state index contributed by atoms with van der Waals surface area (Å²) < 4.78 is 15.4. The summed E-state index contributed by atoms with van der Waals surface area (Å²) in [5.41, 5.74) is -0.541. The molecule has 0 spiro atoms. The standard InChI is InChI=1S/C11H21NO4/c1-10(2,3)16-9(13)12-5-11(6-14-4)7-15-8-11/h5-8H2,1-4H3,(H,12,13). The lowest BCUT2D eigenvalue weighted by molar-refractivity contribution is -0.140. The predicted octanol–water partition coefficient (Wildman–Crippen LogP) is 1.17. The molecule has 5 heteroatoms. The maximum Gasteiger partial charge on any atom is 0.407 e. The van der Waals surface area contributed by atoms with Crippen LogP contribution in [-0.4, -0.2) is 45.2 Å². The molecule has 0 bridgehead atoms.